The number of hydrogen-bond acceptors (Lipinski definition) is 5. The van der Waals surface area contributed by atoms with Gasteiger partial charge in [-0.3, -0.25) is 0 Å². The van der Waals surface area contributed by atoms with Gasteiger partial charge in [0.2, 0.25) is 0 Å². The highest BCUT2D eigenvalue weighted by atomic mass is 32.1. The number of ether oxygens (including phenoxy) is 1. The predicted molar refractivity (Wildman–Crippen MR) is 66.8 cm³/mol. The summed E-state index contributed by atoms with van der Waals surface area (Å²) in [7, 11) is 1.57. The van der Waals surface area contributed by atoms with Gasteiger partial charge < -0.3 is 14.9 Å². The van der Waals surface area contributed by atoms with Crippen molar-refractivity contribution in [2.24, 2.45) is 5.73 Å². The van der Waals surface area contributed by atoms with Crippen LogP contribution in [0.1, 0.15) is 18.4 Å². The normalized spacial score (nSPS) is 17.3. The molecule has 0 radical (unpaired) electrons. The molecule has 5 heteroatoms. The molecule has 1 aromatic heterocycles. The fourth-order valence-corrected chi connectivity index (χ4v) is 2.75. The van der Waals surface area contributed by atoms with E-state index in [-0.39, 0.29) is 10.5 Å². The van der Waals surface area contributed by atoms with E-state index in [1.54, 1.807) is 7.11 Å². The van der Waals surface area contributed by atoms with Crippen molar-refractivity contribution in [2.75, 3.05) is 7.11 Å². The Balaban J connectivity index is 2.10. The highest BCUT2D eigenvalue weighted by Crippen LogP contribution is 2.38. The summed E-state index contributed by atoms with van der Waals surface area (Å²) < 4.78 is 11.2. The van der Waals surface area contributed by atoms with Gasteiger partial charge in [0.05, 0.1) is 11.8 Å². The third kappa shape index (κ3) is 1.96. The quantitative estimate of drug-likeness (QED) is 0.904. The van der Waals surface area contributed by atoms with E-state index in [0.29, 0.717) is 11.3 Å². The molecule has 0 saturated heterocycles. The van der Waals surface area contributed by atoms with Gasteiger partial charge in [-0.25, -0.2) is 4.79 Å². The summed E-state index contributed by atoms with van der Waals surface area (Å²) in [6, 6.07) is 3.88. The van der Waals surface area contributed by atoms with Gasteiger partial charge in [0.25, 0.3) is 0 Å². The maximum Gasteiger partial charge on any atom is 0.396 e. The highest BCUT2D eigenvalue weighted by Gasteiger charge is 2.38. The number of rotatable bonds is 3. The van der Waals surface area contributed by atoms with Crippen LogP contribution in [0.4, 0.5) is 0 Å². The molecule has 17 heavy (non-hydrogen) atoms. The van der Waals surface area contributed by atoms with Crippen molar-refractivity contribution in [3.05, 3.63) is 27.4 Å². The SMILES string of the molecule is COc1cc(CC2(N)CC2)cc2sc(=O)oc12. The number of fused-ring (bicyclic) bond motifs is 1. The molecule has 1 aromatic carbocycles. The molecule has 0 spiro atoms. The van der Waals surface area contributed by atoms with Crippen LogP contribution in [0.25, 0.3) is 10.3 Å². The van der Waals surface area contributed by atoms with Gasteiger partial charge in [-0.2, -0.15) is 0 Å². The Hall–Kier alpha value is -1.33. The largest absolute Gasteiger partial charge is 0.493 e. The molecule has 1 aliphatic carbocycles. The minimum absolute atomic E-state index is 0.0482. The van der Waals surface area contributed by atoms with Crippen LogP contribution < -0.4 is 15.4 Å². The van der Waals surface area contributed by atoms with E-state index in [2.05, 4.69) is 0 Å². The van der Waals surface area contributed by atoms with Crippen molar-refractivity contribution in [1.82, 2.24) is 0 Å². The Bertz CT molecular complexity index is 624. The number of benzene rings is 1. The summed E-state index contributed by atoms with van der Waals surface area (Å²) in [5.74, 6) is 0.611. The summed E-state index contributed by atoms with van der Waals surface area (Å²) in [6.45, 7) is 0. The molecule has 0 bridgehead atoms. The zero-order chi connectivity index (χ0) is 12.0. The molecule has 0 aliphatic heterocycles. The molecule has 1 aliphatic rings. The Morgan fingerprint density at radius 2 is 2.29 bits per heavy atom. The molecular formula is C12H13NO3S. The third-order valence-electron chi connectivity index (χ3n) is 3.13. The van der Waals surface area contributed by atoms with E-state index in [9.17, 15) is 4.79 Å². The van der Waals surface area contributed by atoms with Gasteiger partial charge in [0, 0.05) is 5.54 Å². The van der Waals surface area contributed by atoms with Gasteiger partial charge in [-0.15, -0.1) is 0 Å². The lowest BCUT2D eigenvalue weighted by Gasteiger charge is -2.09. The summed E-state index contributed by atoms with van der Waals surface area (Å²) in [6.07, 6.45) is 2.95. The van der Waals surface area contributed by atoms with Crippen LogP contribution in [0.15, 0.2) is 21.3 Å². The number of nitrogens with two attached hydrogens (primary N) is 1. The van der Waals surface area contributed by atoms with Crippen molar-refractivity contribution < 1.29 is 9.15 Å². The molecule has 1 fully saturated rings. The first-order valence-corrected chi connectivity index (χ1v) is 6.31. The molecule has 90 valence electrons. The summed E-state index contributed by atoms with van der Waals surface area (Å²) in [4.78, 5) is 10.9. The zero-order valence-corrected chi connectivity index (χ0v) is 10.3. The van der Waals surface area contributed by atoms with Crippen LogP contribution >= 0.6 is 11.3 Å². The molecule has 0 atom stereocenters. The molecule has 1 saturated carbocycles. The van der Waals surface area contributed by atoms with Crippen molar-refractivity contribution in [2.45, 2.75) is 24.8 Å². The Morgan fingerprint density at radius 1 is 1.53 bits per heavy atom. The maximum atomic E-state index is 11.2. The predicted octanol–water partition coefficient (Wildman–Crippen LogP) is 1.90. The second-order valence-corrected chi connectivity index (χ2v) is 5.60. The minimum Gasteiger partial charge on any atom is -0.493 e. The topological polar surface area (TPSA) is 65.5 Å². The van der Waals surface area contributed by atoms with E-state index < -0.39 is 0 Å². The number of hydrogen-bond donors (Lipinski definition) is 1. The van der Waals surface area contributed by atoms with Gasteiger partial charge >= 0.3 is 4.94 Å². The zero-order valence-electron chi connectivity index (χ0n) is 9.49. The average molecular weight is 251 g/mol. The second-order valence-electron chi connectivity index (χ2n) is 4.62. The Labute approximate surface area is 102 Å². The van der Waals surface area contributed by atoms with Gasteiger partial charge in [-0.1, -0.05) is 11.3 Å². The second kappa shape index (κ2) is 3.58. The maximum absolute atomic E-state index is 11.2. The highest BCUT2D eigenvalue weighted by molar-refractivity contribution is 7.16. The molecule has 4 nitrogen and oxygen atoms in total. The standard InChI is InChI=1S/C12H13NO3S/c1-15-8-4-7(6-12(13)2-3-12)5-9-10(8)16-11(14)17-9/h4-5H,2-3,6,13H2,1H3. The van der Waals surface area contributed by atoms with Crippen LogP contribution in [0.2, 0.25) is 0 Å². The van der Waals surface area contributed by atoms with Crippen molar-refractivity contribution in [3.63, 3.8) is 0 Å². The fourth-order valence-electron chi connectivity index (χ4n) is 2.00. The van der Waals surface area contributed by atoms with E-state index in [1.165, 1.54) is 0 Å². The molecule has 3 rings (SSSR count). The first-order chi connectivity index (χ1) is 8.09. The van der Waals surface area contributed by atoms with Gasteiger partial charge in [0.15, 0.2) is 11.3 Å². The van der Waals surface area contributed by atoms with E-state index in [1.807, 2.05) is 12.1 Å². The van der Waals surface area contributed by atoms with Gasteiger partial charge in [-0.05, 0) is 37.0 Å². The number of methoxy groups -OCH3 is 1. The molecule has 2 aromatic rings. The van der Waals surface area contributed by atoms with Crippen LogP contribution in [0.5, 0.6) is 5.75 Å². The van der Waals surface area contributed by atoms with Crippen molar-refractivity contribution >= 4 is 21.6 Å². The summed E-state index contributed by atoms with van der Waals surface area (Å²) in [5.41, 5.74) is 7.69. The van der Waals surface area contributed by atoms with Crippen molar-refractivity contribution in [3.8, 4) is 5.75 Å². The lowest BCUT2D eigenvalue weighted by molar-refractivity contribution is 0.408. The smallest absolute Gasteiger partial charge is 0.396 e. The first kappa shape index (κ1) is 10.8. The minimum atomic E-state index is -0.302. The lowest BCUT2D eigenvalue weighted by Crippen LogP contribution is -2.24. The average Bonchev–Trinajstić information content (AvgIpc) is 2.86. The van der Waals surface area contributed by atoms with Crippen LogP contribution in [0, 0.1) is 0 Å². The molecule has 0 amide bonds. The molecule has 1 heterocycles. The van der Waals surface area contributed by atoms with E-state index in [4.69, 9.17) is 14.9 Å². The van der Waals surface area contributed by atoms with E-state index in [0.717, 1.165) is 40.9 Å². The Kier molecular flexibility index (Phi) is 2.27. The van der Waals surface area contributed by atoms with Crippen LogP contribution in [0.3, 0.4) is 0 Å². The first-order valence-electron chi connectivity index (χ1n) is 5.49. The van der Waals surface area contributed by atoms with Crippen LogP contribution in [-0.2, 0) is 6.42 Å². The van der Waals surface area contributed by atoms with Crippen molar-refractivity contribution in [1.29, 1.82) is 0 Å². The van der Waals surface area contributed by atoms with E-state index >= 15 is 0 Å². The monoisotopic (exact) mass is 251 g/mol. The van der Waals surface area contributed by atoms with Gasteiger partial charge in [0.1, 0.15) is 0 Å². The molecular weight excluding hydrogens is 238 g/mol. The molecule has 0 unspecified atom stereocenters. The lowest BCUT2D eigenvalue weighted by atomic mass is 10.0. The fraction of sp³-hybridized carbons (Fsp3) is 0.417. The third-order valence-corrected chi connectivity index (χ3v) is 3.90. The Morgan fingerprint density at radius 3 is 2.94 bits per heavy atom. The van der Waals surface area contributed by atoms with Crippen LogP contribution in [-0.4, -0.2) is 12.6 Å². The molecule has 2 N–H and O–H groups in total. The summed E-state index contributed by atoms with van der Waals surface area (Å²) >= 11 is 1.10. The summed E-state index contributed by atoms with van der Waals surface area (Å²) in [5, 5.41) is 0.